The Morgan fingerprint density at radius 1 is 1.16 bits per heavy atom. The Bertz CT molecular complexity index is 1030. The second-order valence-electron chi connectivity index (χ2n) is 7.07. The van der Waals surface area contributed by atoms with E-state index in [9.17, 15) is 19.2 Å². The molecule has 2 aromatic carbocycles. The van der Waals surface area contributed by atoms with Crippen LogP contribution in [0.1, 0.15) is 24.2 Å². The summed E-state index contributed by atoms with van der Waals surface area (Å²) in [5, 5.41) is 7.96. The van der Waals surface area contributed by atoms with Crippen molar-refractivity contribution in [2.24, 2.45) is 0 Å². The van der Waals surface area contributed by atoms with Crippen LogP contribution in [0.5, 0.6) is 0 Å². The molecule has 1 aliphatic heterocycles. The third kappa shape index (κ3) is 5.56. The van der Waals surface area contributed by atoms with E-state index in [-0.39, 0.29) is 11.3 Å². The maximum Gasteiger partial charge on any atom is 0.340 e. The van der Waals surface area contributed by atoms with Crippen LogP contribution in [0.3, 0.4) is 0 Å². The standard InChI is InChI=1S/C21H20ClN3O5S/c1-12(17(26)23-14-9-7-13(22)8-10-14)30-18(27)15-5-3-4-6-16(15)31-11-21(2)19(28)24-20(29)25-21/h3-10,12H,11H2,1-2H3,(H,23,26)(H2,24,25,28,29)/t12-,21+/m0/s1. The van der Waals surface area contributed by atoms with Crippen molar-refractivity contribution in [3.05, 3.63) is 59.1 Å². The van der Waals surface area contributed by atoms with Crippen LogP contribution >= 0.6 is 23.4 Å². The first-order valence-corrected chi connectivity index (χ1v) is 10.7. The van der Waals surface area contributed by atoms with Crippen LogP contribution in [0, 0.1) is 0 Å². The van der Waals surface area contributed by atoms with Crippen molar-refractivity contribution in [1.29, 1.82) is 0 Å². The molecule has 0 unspecified atom stereocenters. The van der Waals surface area contributed by atoms with Crippen LogP contribution < -0.4 is 16.0 Å². The fourth-order valence-electron chi connectivity index (χ4n) is 2.72. The third-order valence-electron chi connectivity index (χ3n) is 4.51. The van der Waals surface area contributed by atoms with Crippen LogP contribution in [-0.2, 0) is 14.3 Å². The smallest absolute Gasteiger partial charge is 0.340 e. The summed E-state index contributed by atoms with van der Waals surface area (Å²) in [6, 6.07) is 12.7. The van der Waals surface area contributed by atoms with Gasteiger partial charge in [-0.2, -0.15) is 0 Å². The molecule has 2 atom stereocenters. The number of halogens is 1. The predicted molar refractivity (Wildman–Crippen MR) is 117 cm³/mol. The predicted octanol–water partition coefficient (Wildman–Crippen LogP) is 3.21. The van der Waals surface area contributed by atoms with Gasteiger partial charge in [0.2, 0.25) is 0 Å². The summed E-state index contributed by atoms with van der Waals surface area (Å²) >= 11 is 7.05. The molecule has 0 aliphatic carbocycles. The van der Waals surface area contributed by atoms with Gasteiger partial charge in [0, 0.05) is 21.4 Å². The highest BCUT2D eigenvalue weighted by molar-refractivity contribution is 7.99. The molecule has 0 radical (unpaired) electrons. The van der Waals surface area contributed by atoms with E-state index in [1.165, 1.54) is 18.7 Å². The van der Waals surface area contributed by atoms with E-state index in [1.807, 2.05) is 0 Å². The van der Waals surface area contributed by atoms with E-state index in [2.05, 4.69) is 16.0 Å². The van der Waals surface area contributed by atoms with Crippen LogP contribution in [-0.4, -0.2) is 41.2 Å². The lowest BCUT2D eigenvalue weighted by atomic mass is 10.1. The topological polar surface area (TPSA) is 114 Å². The first-order chi connectivity index (χ1) is 14.7. The Labute approximate surface area is 188 Å². The van der Waals surface area contributed by atoms with Crippen molar-refractivity contribution in [2.45, 2.75) is 30.4 Å². The van der Waals surface area contributed by atoms with E-state index in [1.54, 1.807) is 55.5 Å². The van der Waals surface area contributed by atoms with Crippen molar-refractivity contribution in [2.75, 3.05) is 11.1 Å². The summed E-state index contributed by atoms with van der Waals surface area (Å²) in [5.74, 6) is -1.38. The van der Waals surface area contributed by atoms with Crippen LogP contribution in [0.2, 0.25) is 5.02 Å². The van der Waals surface area contributed by atoms with E-state index in [0.29, 0.717) is 15.6 Å². The highest BCUT2D eigenvalue weighted by Gasteiger charge is 2.42. The Balaban J connectivity index is 1.63. The number of rotatable bonds is 7. The first-order valence-electron chi connectivity index (χ1n) is 9.31. The van der Waals surface area contributed by atoms with Crippen molar-refractivity contribution < 1.29 is 23.9 Å². The average Bonchev–Trinajstić information content (AvgIpc) is 2.99. The van der Waals surface area contributed by atoms with Crippen molar-refractivity contribution in [3.63, 3.8) is 0 Å². The molecule has 1 heterocycles. The molecule has 162 valence electrons. The zero-order valence-corrected chi connectivity index (χ0v) is 18.3. The van der Waals surface area contributed by atoms with Gasteiger partial charge in [0.15, 0.2) is 6.10 Å². The molecule has 3 N–H and O–H groups in total. The summed E-state index contributed by atoms with van der Waals surface area (Å²) in [7, 11) is 0. The fourth-order valence-corrected chi connectivity index (χ4v) is 3.97. The third-order valence-corrected chi connectivity index (χ3v) is 6.15. The molecule has 0 aromatic heterocycles. The molecule has 3 rings (SSSR count). The molecule has 1 aliphatic rings. The number of urea groups is 1. The van der Waals surface area contributed by atoms with Gasteiger partial charge in [0.05, 0.1) is 5.56 Å². The minimum Gasteiger partial charge on any atom is -0.449 e. The summed E-state index contributed by atoms with van der Waals surface area (Å²) in [6.45, 7) is 3.07. The molecule has 2 aromatic rings. The van der Waals surface area contributed by atoms with Crippen LogP contribution in [0.25, 0.3) is 0 Å². The molecule has 10 heteroatoms. The normalized spacial score (nSPS) is 18.7. The van der Waals surface area contributed by atoms with E-state index < -0.39 is 35.5 Å². The number of carbonyl (C=O) groups excluding carboxylic acids is 4. The van der Waals surface area contributed by atoms with Crippen molar-refractivity contribution in [1.82, 2.24) is 10.6 Å². The molecular weight excluding hydrogens is 442 g/mol. The van der Waals surface area contributed by atoms with Gasteiger partial charge >= 0.3 is 12.0 Å². The van der Waals surface area contributed by atoms with Gasteiger partial charge in [-0.05, 0) is 50.2 Å². The molecule has 4 amide bonds. The minimum atomic E-state index is -1.09. The molecule has 1 fully saturated rings. The van der Waals surface area contributed by atoms with Gasteiger partial charge in [-0.25, -0.2) is 9.59 Å². The second-order valence-corrected chi connectivity index (χ2v) is 8.52. The number of imide groups is 1. The average molecular weight is 462 g/mol. The number of esters is 1. The Hall–Kier alpha value is -3.04. The van der Waals surface area contributed by atoms with Crippen molar-refractivity contribution >= 4 is 52.9 Å². The van der Waals surface area contributed by atoms with E-state index in [0.717, 1.165) is 0 Å². The van der Waals surface area contributed by atoms with Crippen LogP contribution in [0.4, 0.5) is 10.5 Å². The second kappa shape index (κ2) is 9.40. The number of benzene rings is 2. The summed E-state index contributed by atoms with van der Waals surface area (Å²) in [6.07, 6.45) is -1.04. The lowest BCUT2D eigenvalue weighted by molar-refractivity contribution is -0.124. The largest absolute Gasteiger partial charge is 0.449 e. The summed E-state index contributed by atoms with van der Waals surface area (Å²) in [4.78, 5) is 49.0. The van der Waals surface area contributed by atoms with Crippen LogP contribution in [0.15, 0.2) is 53.4 Å². The van der Waals surface area contributed by atoms with E-state index >= 15 is 0 Å². The Kier molecular flexibility index (Phi) is 6.87. The molecule has 1 saturated heterocycles. The maximum atomic E-state index is 12.7. The van der Waals surface area contributed by atoms with Crippen molar-refractivity contribution in [3.8, 4) is 0 Å². The van der Waals surface area contributed by atoms with Gasteiger partial charge in [0.25, 0.3) is 11.8 Å². The summed E-state index contributed by atoms with van der Waals surface area (Å²) in [5.41, 5.74) is -0.310. The number of hydrogen-bond acceptors (Lipinski definition) is 6. The lowest BCUT2D eigenvalue weighted by Gasteiger charge is -2.20. The molecule has 31 heavy (non-hydrogen) atoms. The maximum absolute atomic E-state index is 12.7. The fraction of sp³-hybridized carbons (Fsp3) is 0.238. The number of nitrogens with one attached hydrogen (secondary N) is 3. The zero-order chi connectivity index (χ0) is 22.6. The molecule has 0 bridgehead atoms. The Morgan fingerprint density at radius 3 is 2.48 bits per heavy atom. The number of ether oxygens (including phenoxy) is 1. The van der Waals surface area contributed by atoms with E-state index in [4.69, 9.17) is 16.3 Å². The number of hydrogen-bond donors (Lipinski definition) is 3. The highest BCUT2D eigenvalue weighted by Crippen LogP contribution is 2.28. The number of anilines is 1. The molecule has 8 nitrogen and oxygen atoms in total. The van der Waals surface area contributed by atoms with Gasteiger partial charge in [-0.15, -0.1) is 11.8 Å². The van der Waals surface area contributed by atoms with Gasteiger partial charge in [-0.1, -0.05) is 23.7 Å². The van der Waals surface area contributed by atoms with Gasteiger partial charge in [0.1, 0.15) is 5.54 Å². The summed E-state index contributed by atoms with van der Waals surface area (Å²) < 4.78 is 5.33. The highest BCUT2D eigenvalue weighted by atomic mass is 35.5. The number of carbonyl (C=O) groups is 4. The minimum absolute atomic E-state index is 0.210. The number of thioether (sulfide) groups is 1. The molecule has 0 spiro atoms. The van der Waals surface area contributed by atoms with Gasteiger partial charge in [-0.3, -0.25) is 14.9 Å². The monoisotopic (exact) mass is 461 g/mol. The van der Waals surface area contributed by atoms with Gasteiger partial charge < -0.3 is 15.4 Å². The molecular formula is C21H20ClN3O5S. The molecule has 0 saturated carbocycles. The zero-order valence-electron chi connectivity index (χ0n) is 16.7. The Morgan fingerprint density at radius 2 is 1.84 bits per heavy atom. The quantitative estimate of drug-likeness (QED) is 0.331. The lowest BCUT2D eigenvalue weighted by Crippen LogP contribution is -2.46. The SMILES string of the molecule is C[C@H](OC(=O)c1ccccc1SC[C@@]1(C)NC(=O)NC1=O)C(=O)Nc1ccc(Cl)cc1. The number of amides is 4. The first kappa shape index (κ1) is 22.6.